The maximum Gasteiger partial charge on any atom is 0.328 e. The number of methoxy groups -OCH3 is 2. The Bertz CT molecular complexity index is 1040. The molecular weight excluding hydrogens is 528 g/mol. The second kappa shape index (κ2) is 18.2. The lowest BCUT2D eigenvalue weighted by atomic mass is 9.89. The Morgan fingerprint density at radius 2 is 1.93 bits per heavy atom. The molecule has 0 saturated heterocycles. The van der Waals surface area contributed by atoms with E-state index in [0.29, 0.717) is 24.2 Å². The molecule has 0 spiro atoms. The van der Waals surface area contributed by atoms with Crippen LogP contribution in [0.4, 0.5) is 5.69 Å². The highest BCUT2D eigenvalue weighted by Crippen LogP contribution is 2.34. The van der Waals surface area contributed by atoms with Crippen LogP contribution in [-0.4, -0.2) is 54.1 Å². The van der Waals surface area contributed by atoms with E-state index >= 15 is 0 Å². The van der Waals surface area contributed by atoms with Gasteiger partial charge >= 0.3 is 11.7 Å². The van der Waals surface area contributed by atoms with Gasteiger partial charge in [-0.2, -0.15) is 0 Å². The van der Waals surface area contributed by atoms with Gasteiger partial charge in [-0.1, -0.05) is 63.7 Å². The quantitative estimate of drug-likeness (QED) is 0.0750. The average molecular weight is 575 g/mol. The van der Waals surface area contributed by atoms with Gasteiger partial charge in [0.1, 0.15) is 11.8 Å². The van der Waals surface area contributed by atoms with E-state index in [0.717, 1.165) is 57.8 Å². The van der Waals surface area contributed by atoms with Crippen molar-refractivity contribution in [2.24, 2.45) is 11.8 Å². The number of aliphatic hydroxyl groups is 1. The molecule has 10 nitrogen and oxygen atoms in total. The number of allylic oxidation sites excluding steroid dienone is 1. The lowest BCUT2D eigenvalue weighted by molar-refractivity contribution is -0.385. The predicted molar refractivity (Wildman–Crippen MR) is 156 cm³/mol. The van der Waals surface area contributed by atoms with Crippen molar-refractivity contribution in [3.8, 4) is 5.75 Å². The number of carbonyl (C=O) groups is 3. The number of aliphatic hydroxyl groups excluding tert-OH is 1. The molecule has 0 heterocycles. The summed E-state index contributed by atoms with van der Waals surface area (Å²) >= 11 is 0. The Balaban J connectivity index is 1.76. The van der Waals surface area contributed by atoms with Gasteiger partial charge in [0.05, 0.1) is 25.2 Å². The monoisotopic (exact) mass is 574 g/mol. The van der Waals surface area contributed by atoms with Gasteiger partial charge in [0.2, 0.25) is 5.91 Å². The van der Waals surface area contributed by atoms with E-state index in [1.807, 2.05) is 12.2 Å². The average Bonchev–Trinajstić information content (AvgIpc) is 3.31. The molecule has 1 aromatic rings. The molecule has 228 valence electrons. The third kappa shape index (κ3) is 11.6. The number of nitro benzene ring substituents is 1. The van der Waals surface area contributed by atoms with Crippen molar-refractivity contribution in [3.05, 3.63) is 46.0 Å². The fraction of sp³-hybridized carbons (Fsp3) is 0.645. The highest BCUT2D eigenvalue weighted by molar-refractivity contribution is 5.85. The van der Waals surface area contributed by atoms with Gasteiger partial charge in [0.25, 0.3) is 0 Å². The van der Waals surface area contributed by atoms with Crippen LogP contribution in [0.15, 0.2) is 30.4 Å². The first-order valence-corrected chi connectivity index (χ1v) is 14.8. The third-order valence-corrected chi connectivity index (χ3v) is 7.71. The smallest absolute Gasteiger partial charge is 0.328 e. The number of Topliss-reactive ketones (excluding diaryl/α,β-unsaturated/α-hetero) is 1. The number of esters is 1. The number of hydrogen-bond acceptors (Lipinski definition) is 8. The fourth-order valence-electron chi connectivity index (χ4n) is 5.36. The molecule has 0 aromatic heterocycles. The molecule has 1 aliphatic rings. The normalized spacial score (nSPS) is 18.3. The van der Waals surface area contributed by atoms with Crippen LogP contribution < -0.4 is 10.1 Å². The number of rotatable bonds is 19. The predicted octanol–water partition coefficient (Wildman–Crippen LogP) is 5.24. The van der Waals surface area contributed by atoms with E-state index in [1.165, 1.54) is 26.4 Å². The Hall–Kier alpha value is -3.27. The Morgan fingerprint density at radius 1 is 1.17 bits per heavy atom. The second-order valence-electron chi connectivity index (χ2n) is 10.8. The Morgan fingerprint density at radius 3 is 2.61 bits per heavy atom. The lowest BCUT2D eigenvalue weighted by Crippen LogP contribution is -2.43. The molecule has 0 aliphatic heterocycles. The van der Waals surface area contributed by atoms with Gasteiger partial charge in [-0.3, -0.25) is 19.7 Å². The molecule has 1 saturated carbocycles. The van der Waals surface area contributed by atoms with Gasteiger partial charge in [-0.15, -0.1) is 0 Å². The van der Waals surface area contributed by atoms with Crippen LogP contribution in [0.3, 0.4) is 0 Å². The van der Waals surface area contributed by atoms with Gasteiger partial charge in [-0.05, 0) is 43.2 Å². The summed E-state index contributed by atoms with van der Waals surface area (Å²) in [6.45, 7) is 2.13. The number of ether oxygens (including phenoxy) is 2. The van der Waals surface area contributed by atoms with Crippen molar-refractivity contribution in [1.82, 2.24) is 5.32 Å². The minimum atomic E-state index is -0.968. The first-order chi connectivity index (χ1) is 19.7. The van der Waals surface area contributed by atoms with Crippen LogP contribution in [0.1, 0.15) is 89.5 Å². The zero-order valence-corrected chi connectivity index (χ0v) is 24.6. The molecule has 0 radical (unpaired) electrons. The molecule has 1 aromatic carbocycles. The third-order valence-electron chi connectivity index (χ3n) is 7.71. The van der Waals surface area contributed by atoms with Crippen molar-refractivity contribution < 1.29 is 33.9 Å². The van der Waals surface area contributed by atoms with E-state index in [1.54, 1.807) is 6.07 Å². The van der Waals surface area contributed by atoms with E-state index in [4.69, 9.17) is 9.47 Å². The zero-order chi connectivity index (χ0) is 30.2. The summed E-state index contributed by atoms with van der Waals surface area (Å²) in [6, 6.07) is 3.42. The minimum Gasteiger partial charge on any atom is -0.490 e. The summed E-state index contributed by atoms with van der Waals surface area (Å²) in [5.74, 6) is -0.315. The lowest BCUT2D eigenvalue weighted by Gasteiger charge is -2.17. The minimum absolute atomic E-state index is 0.00647. The first kappa shape index (κ1) is 33.9. The number of carbonyl (C=O) groups excluding carboxylic acids is 3. The van der Waals surface area contributed by atoms with Crippen LogP contribution in [0.25, 0.3) is 0 Å². The van der Waals surface area contributed by atoms with Gasteiger partial charge in [-0.25, -0.2) is 4.79 Å². The summed E-state index contributed by atoms with van der Waals surface area (Å²) in [6.07, 6.45) is 13.2. The molecule has 4 atom stereocenters. The van der Waals surface area contributed by atoms with Gasteiger partial charge in [0, 0.05) is 31.2 Å². The summed E-state index contributed by atoms with van der Waals surface area (Å²) in [5, 5.41) is 24.2. The topological polar surface area (TPSA) is 145 Å². The molecule has 0 bridgehead atoms. The number of nitrogens with one attached hydrogen (secondary N) is 1. The molecule has 2 N–H and O–H groups in total. The van der Waals surface area contributed by atoms with Crippen molar-refractivity contribution >= 4 is 23.3 Å². The standard InChI is InChI=1S/C31H46N2O8/c1-4-5-8-11-24(34)17-15-23-16-18-28(35)25(23)12-9-6-7-10-13-30(36)32-26(31(37)41-3)20-22-14-19-29(40-2)27(21-22)33(38)39/h14-15,17,19,21,23-26,34H,4-13,16,18,20H2,1-3H3,(H,32,36)/b17-15+/t23-,24+,25+,26+/m0/s1. The fourth-order valence-corrected chi connectivity index (χ4v) is 5.36. The van der Waals surface area contributed by atoms with Crippen molar-refractivity contribution in [3.63, 3.8) is 0 Å². The summed E-state index contributed by atoms with van der Waals surface area (Å²) in [4.78, 5) is 48.0. The molecule has 1 fully saturated rings. The molecule has 10 heteroatoms. The summed E-state index contributed by atoms with van der Waals surface area (Å²) in [7, 11) is 2.56. The van der Waals surface area contributed by atoms with E-state index in [-0.39, 0.29) is 42.0 Å². The molecule has 41 heavy (non-hydrogen) atoms. The summed E-state index contributed by atoms with van der Waals surface area (Å²) < 4.78 is 9.84. The van der Waals surface area contributed by atoms with E-state index in [2.05, 4.69) is 12.2 Å². The zero-order valence-electron chi connectivity index (χ0n) is 24.6. The maximum absolute atomic E-state index is 12.6. The molecular formula is C31H46N2O8. The number of nitrogens with zero attached hydrogens (tertiary/aromatic N) is 1. The maximum atomic E-state index is 12.6. The molecule has 2 rings (SSSR count). The van der Waals surface area contributed by atoms with Crippen molar-refractivity contribution in [2.75, 3.05) is 14.2 Å². The number of hydrogen-bond donors (Lipinski definition) is 2. The van der Waals surface area contributed by atoms with Gasteiger partial charge < -0.3 is 19.9 Å². The van der Waals surface area contributed by atoms with Crippen molar-refractivity contribution in [1.29, 1.82) is 0 Å². The largest absolute Gasteiger partial charge is 0.490 e. The summed E-state index contributed by atoms with van der Waals surface area (Å²) in [5.41, 5.74) is 0.274. The first-order valence-electron chi connectivity index (χ1n) is 14.8. The molecule has 1 amide bonds. The van der Waals surface area contributed by atoms with Crippen LogP contribution in [-0.2, 0) is 25.5 Å². The van der Waals surface area contributed by atoms with Gasteiger partial charge in [0.15, 0.2) is 5.75 Å². The van der Waals surface area contributed by atoms with Crippen LogP contribution in [0, 0.1) is 22.0 Å². The van der Waals surface area contributed by atoms with Crippen LogP contribution in [0.5, 0.6) is 5.75 Å². The van der Waals surface area contributed by atoms with Crippen LogP contribution in [0.2, 0.25) is 0 Å². The molecule has 1 aliphatic carbocycles. The highest BCUT2D eigenvalue weighted by atomic mass is 16.6. The number of amides is 1. The molecule has 0 unspecified atom stereocenters. The number of nitro groups is 1. The second-order valence-corrected chi connectivity index (χ2v) is 10.8. The van der Waals surface area contributed by atoms with E-state index in [9.17, 15) is 29.6 Å². The number of ketones is 1. The SMILES string of the molecule is CCCCC[C@@H](O)/C=C/[C@H]1CCC(=O)[C@@H]1CCCCCCC(=O)N[C@H](Cc1ccc(OC)c([N+](=O)[O-])c1)C(=O)OC. The highest BCUT2D eigenvalue weighted by Gasteiger charge is 2.32. The van der Waals surface area contributed by atoms with Crippen molar-refractivity contribution in [2.45, 2.75) is 103 Å². The number of unbranched alkanes of at least 4 members (excludes halogenated alkanes) is 5. The Kier molecular flexibility index (Phi) is 15.1. The number of benzene rings is 1. The van der Waals surface area contributed by atoms with Crippen LogP contribution >= 0.6 is 0 Å². The Labute approximate surface area is 243 Å². The van der Waals surface area contributed by atoms with E-state index < -0.39 is 23.0 Å².